The fraction of sp³-hybridized carbons (Fsp3) is 0.308. The fourth-order valence-electron chi connectivity index (χ4n) is 1.88. The number of nitrogens with zero attached hydrogens (tertiary/aromatic N) is 3. The van der Waals surface area contributed by atoms with Crippen molar-refractivity contribution in [3.63, 3.8) is 0 Å². The molecule has 0 aliphatic carbocycles. The Morgan fingerprint density at radius 1 is 1.52 bits per heavy atom. The molecule has 8 heteroatoms. The van der Waals surface area contributed by atoms with E-state index in [1.807, 2.05) is 6.92 Å². The molecule has 1 aromatic carbocycles. The highest BCUT2D eigenvalue weighted by atomic mass is 79.9. The summed E-state index contributed by atoms with van der Waals surface area (Å²) in [6.45, 7) is 4.06. The molecule has 0 aliphatic rings. The van der Waals surface area contributed by atoms with Gasteiger partial charge < -0.3 is 4.74 Å². The molecule has 0 atom stereocenters. The average Bonchev–Trinajstić information content (AvgIpc) is 2.70. The van der Waals surface area contributed by atoms with Crippen LogP contribution in [-0.4, -0.2) is 14.7 Å². The lowest BCUT2D eigenvalue weighted by atomic mass is 10.3. The van der Waals surface area contributed by atoms with Crippen molar-refractivity contribution in [2.75, 3.05) is 0 Å². The second-order valence-electron chi connectivity index (χ2n) is 4.40. The Hall–Kier alpha value is -1.60. The first kappa shape index (κ1) is 15.8. The number of hydrogen-bond acceptors (Lipinski definition) is 4. The molecule has 0 unspecified atom stereocenters. The Morgan fingerprint density at radius 3 is 2.86 bits per heavy atom. The summed E-state index contributed by atoms with van der Waals surface area (Å²) in [5.41, 5.74) is 0.175. The normalized spacial score (nSPS) is 10.7. The van der Waals surface area contributed by atoms with Gasteiger partial charge in [0.15, 0.2) is 0 Å². The fourth-order valence-corrected chi connectivity index (χ4v) is 2.38. The van der Waals surface area contributed by atoms with Gasteiger partial charge in [-0.15, -0.1) is 0 Å². The average molecular weight is 375 g/mol. The van der Waals surface area contributed by atoms with Crippen LogP contribution in [0.1, 0.15) is 19.0 Å². The molecule has 0 fully saturated rings. The van der Waals surface area contributed by atoms with Gasteiger partial charge in [-0.2, -0.15) is 5.10 Å². The molecule has 2 aromatic rings. The minimum Gasteiger partial charge on any atom is -0.432 e. The topological polar surface area (TPSA) is 70.2 Å². The molecule has 6 nitrogen and oxygen atoms in total. The van der Waals surface area contributed by atoms with Crippen molar-refractivity contribution in [3.05, 3.63) is 43.5 Å². The van der Waals surface area contributed by atoms with Crippen LogP contribution in [0.15, 0.2) is 22.7 Å². The number of aryl methyl sites for hydroxylation is 2. The second kappa shape index (κ2) is 6.44. The van der Waals surface area contributed by atoms with Crippen molar-refractivity contribution in [1.82, 2.24) is 9.78 Å². The van der Waals surface area contributed by atoms with Crippen LogP contribution < -0.4 is 4.74 Å². The maximum absolute atomic E-state index is 11.2. The van der Waals surface area contributed by atoms with Gasteiger partial charge >= 0.3 is 5.69 Å². The van der Waals surface area contributed by atoms with E-state index in [9.17, 15) is 10.1 Å². The Labute approximate surface area is 134 Å². The molecule has 1 aromatic heterocycles. The number of rotatable bonds is 5. The molecule has 0 radical (unpaired) electrons. The third kappa shape index (κ3) is 3.36. The van der Waals surface area contributed by atoms with Gasteiger partial charge in [-0.25, -0.2) is 4.68 Å². The van der Waals surface area contributed by atoms with E-state index in [1.165, 1.54) is 4.68 Å². The van der Waals surface area contributed by atoms with Crippen LogP contribution >= 0.6 is 27.5 Å². The summed E-state index contributed by atoms with van der Waals surface area (Å²) in [6, 6.07) is 5.07. The first-order chi connectivity index (χ1) is 9.93. The van der Waals surface area contributed by atoms with Crippen molar-refractivity contribution in [2.45, 2.75) is 26.8 Å². The number of halogens is 2. The van der Waals surface area contributed by atoms with Crippen LogP contribution in [0.5, 0.6) is 11.6 Å². The molecule has 0 bridgehead atoms. The molecule has 0 saturated carbocycles. The number of hydrogen-bond donors (Lipinski definition) is 0. The minimum atomic E-state index is -0.490. The van der Waals surface area contributed by atoms with Crippen LogP contribution in [0.3, 0.4) is 0 Å². The lowest BCUT2D eigenvalue weighted by molar-refractivity contribution is -0.386. The number of aromatic nitrogens is 2. The smallest absolute Gasteiger partial charge is 0.353 e. The van der Waals surface area contributed by atoms with E-state index >= 15 is 0 Å². The molecule has 0 spiro atoms. The van der Waals surface area contributed by atoms with Gasteiger partial charge in [0, 0.05) is 11.0 Å². The zero-order chi connectivity index (χ0) is 15.6. The summed E-state index contributed by atoms with van der Waals surface area (Å²) in [5, 5.41) is 15.8. The highest BCUT2D eigenvalue weighted by molar-refractivity contribution is 9.10. The van der Waals surface area contributed by atoms with E-state index in [0.29, 0.717) is 23.0 Å². The van der Waals surface area contributed by atoms with Gasteiger partial charge in [0.25, 0.3) is 5.88 Å². The Balaban J connectivity index is 2.51. The summed E-state index contributed by atoms with van der Waals surface area (Å²) in [7, 11) is 0. The molecule has 1 heterocycles. The first-order valence-electron chi connectivity index (χ1n) is 6.28. The van der Waals surface area contributed by atoms with E-state index in [1.54, 1.807) is 25.1 Å². The quantitative estimate of drug-likeness (QED) is 0.561. The number of benzene rings is 1. The molecule has 112 valence electrons. The zero-order valence-corrected chi connectivity index (χ0v) is 13.8. The van der Waals surface area contributed by atoms with Crippen molar-refractivity contribution in [1.29, 1.82) is 0 Å². The van der Waals surface area contributed by atoms with E-state index in [0.717, 1.165) is 10.9 Å². The second-order valence-corrected chi connectivity index (χ2v) is 5.72. The molecule has 0 amide bonds. The van der Waals surface area contributed by atoms with Crippen molar-refractivity contribution in [3.8, 4) is 11.6 Å². The lowest BCUT2D eigenvalue weighted by Gasteiger charge is -2.09. The van der Waals surface area contributed by atoms with Gasteiger partial charge in [-0.1, -0.05) is 34.5 Å². The van der Waals surface area contributed by atoms with E-state index < -0.39 is 4.92 Å². The van der Waals surface area contributed by atoms with Crippen molar-refractivity contribution >= 4 is 33.2 Å². The summed E-state index contributed by atoms with van der Waals surface area (Å²) in [6.07, 6.45) is 0.779. The lowest BCUT2D eigenvalue weighted by Crippen LogP contribution is -2.03. The predicted molar refractivity (Wildman–Crippen MR) is 83.1 cm³/mol. The van der Waals surface area contributed by atoms with Crippen LogP contribution in [0.2, 0.25) is 5.02 Å². The molecule has 0 N–H and O–H groups in total. The monoisotopic (exact) mass is 373 g/mol. The Bertz CT molecular complexity index is 688. The molecule has 0 saturated heterocycles. The third-order valence-corrected chi connectivity index (χ3v) is 3.57. The highest BCUT2D eigenvalue weighted by Gasteiger charge is 2.27. The SMILES string of the molecule is CCCn1nc(C)c([N+](=O)[O-])c1Oc1cc(Br)ccc1Cl. The molecule has 2 rings (SSSR count). The van der Waals surface area contributed by atoms with E-state index in [2.05, 4.69) is 21.0 Å². The van der Waals surface area contributed by atoms with Gasteiger partial charge in [-0.05, 0) is 31.5 Å². The number of nitro groups is 1. The van der Waals surface area contributed by atoms with Crippen LogP contribution in [0.4, 0.5) is 5.69 Å². The first-order valence-corrected chi connectivity index (χ1v) is 7.45. The van der Waals surface area contributed by atoms with Crippen molar-refractivity contribution in [2.24, 2.45) is 0 Å². The Kier molecular flexibility index (Phi) is 4.84. The van der Waals surface area contributed by atoms with Gasteiger partial charge in [-0.3, -0.25) is 10.1 Å². The minimum absolute atomic E-state index is 0.0966. The molecular weight excluding hydrogens is 362 g/mol. The standard InChI is InChI=1S/C13H13BrClN3O3/c1-3-6-17-13(12(18(19)20)8(2)16-17)21-11-7-9(14)4-5-10(11)15/h4-5,7H,3,6H2,1-2H3. The molecule has 21 heavy (non-hydrogen) atoms. The van der Waals surface area contributed by atoms with Crippen LogP contribution in [-0.2, 0) is 6.54 Å². The zero-order valence-electron chi connectivity index (χ0n) is 11.5. The summed E-state index contributed by atoms with van der Waals surface area (Å²) in [4.78, 5) is 10.7. The highest BCUT2D eigenvalue weighted by Crippen LogP contribution is 2.38. The third-order valence-electron chi connectivity index (χ3n) is 2.77. The summed E-state index contributed by atoms with van der Waals surface area (Å²) in [5.74, 6) is 0.436. The van der Waals surface area contributed by atoms with Gasteiger partial charge in [0.1, 0.15) is 11.4 Å². The van der Waals surface area contributed by atoms with Gasteiger partial charge in [0.05, 0.1) is 9.95 Å². The maximum Gasteiger partial charge on any atom is 0.353 e. The molecular formula is C13H13BrClN3O3. The number of ether oxygens (including phenoxy) is 1. The largest absolute Gasteiger partial charge is 0.432 e. The maximum atomic E-state index is 11.2. The summed E-state index contributed by atoms with van der Waals surface area (Å²) < 4.78 is 7.94. The van der Waals surface area contributed by atoms with Crippen molar-refractivity contribution < 1.29 is 9.66 Å². The van der Waals surface area contributed by atoms with Crippen LogP contribution in [0.25, 0.3) is 0 Å². The predicted octanol–water partition coefficient (Wildman–Crippen LogP) is 4.72. The van der Waals surface area contributed by atoms with E-state index in [4.69, 9.17) is 16.3 Å². The van der Waals surface area contributed by atoms with E-state index in [-0.39, 0.29) is 11.6 Å². The Morgan fingerprint density at radius 2 is 2.24 bits per heavy atom. The molecule has 0 aliphatic heterocycles. The van der Waals surface area contributed by atoms with Gasteiger partial charge in [0.2, 0.25) is 0 Å². The van der Waals surface area contributed by atoms with Crippen LogP contribution in [0, 0.1) is 17.0 Å². The summed E-state index contributed by atoms with van der Waals surface area (Å²) >= 11 is 9.39.